The molecule has 2 heterocycles. The van der Waals surface area contributed by atoms with Crippen LogP contribution in [0.3, 0.4) is 0 Å². The molecule has 0 saturated carbocycles. The van der Waals surface area contributed by atoms with Crippen molar-refractivity contribution in [3.05, 3.63) is 65.5 Å². The van der Waals surface area contributed by atoms with Crippen molar-refractivity contribution in [3.8, 4) is 11.4 Å². The Morgan fingerprint density at radius 3 is 2.92 bits per heavy atom. The molecule has 4 rings (SSSR count). The minimum absolute atomic E-state index is 0.155. The average molecular weight is 319 g/mol. The van der Waals surface area contributed by atoms with Gasteiger partial charge in [-0.3, -0.25) is 9.89 Å². The van der Waals surface area contributed by atoms with Gasteiger partial charge in [0.25, 0.3) is 0 Å². The van der Waals surface area contributed by atoms with E-state index in [9.17, 15) is 9.82 Å². The molecule has 0 aliphatic carbocycles. The maximum atomic E-state index is 12.4. The van der Waals surface area contributed by atoms with Gasteiger partial charge in [-0.05, 0) is 16.6 Å². The van der Waals surface area contributed by atoms with Gasteiger partial charge in [-0.1, -0.05) is 48.5 Å². The summed E-state index contributed by atoms with van der Waals surface area (Å²) in [6.45, 7) is 0.396. The second-order valence-electron chi connectivity index (χ2n) is 5.67. The van der Waals surface area contributed by atoms with E-state index in [-0.39, 0.29) is 18.0 Å². The summed E-state index contributed by atoms with van der Waals surface area (Å²) in [4.78, 5) is 16.7. The molecule has 2 N–H and O–H groups in total. The van der Waals surface area contributed by atoms with Gasteiger partial charge in [0.15, 0.2) is 11.6 Å². The molecule has 3 aromatic rings. The topological polar surface area (TPSA) is 88.1 Å². The zero-order chi connectivity index (χ0) is 16.5. The molecule has 118 valence electrons. The van der Waals surface area contributed by atoms with E-state index in [4.69, 9.17) is 4.65 Å². The van der Waals surface area contributed by atoms with Crippen LogP contribution >= 0.6 is 0 Å². The Morgan fingerprint density at radius 2 is 2.08 bits per heavy atom. The molecule has 24 heavy (non-hydrogen) atoms. The fourth-order valence-corrected chi connectivity index (χ4v) is 2.75. The van der Waals surface area contributed by atoms with Crippen LogP contribution in [0.5, 0.6) is 0 Å². The van der Waals surface area contributed by atoms with Crippen molar-refractivity contribution in [2.24, 2.45) is 0 Å². The third-order valence-electron chi connectivity index (χ3n) is 4.02. The van der Waals surface area contributed by atoms with Crippen LogP contribution < -0.4 is 5.46 Å². The maximum absolute atomic E-state index is 12.4. The molecule has 6 nitrogen and oxygen atoms in total. The van der Waals surface area contributed by atoms with E-state index in [0.29, 0.717) is 12.4 Å². The average Bonchev–Trinajstić information content (AvgIpc) is 3.24. The number of nitrogens with zero attached hydrogens (tertiary/aromatic N) is 2. The van der Waals surface area contributed by atoms with Gasteiger partial charge >= 0.3 is 7.12 Å². The van der Waals surface area contributed by atoms with E-state index in [1.54, 1.807) is 6.07 Å². The smallest absolute Gasteiger partial charge is 0.423 e. The van der Waals surface area contributed by atoms with E-state index in [1.807, 2.05) is 42.5 Å². The molecule has 0 amide bonds. The highest BCUT2D eigenvalue weighted by atomic mass is 16.5. The van der Waals surface area contributed by atoms with E-state index >= 15 is 0 Å². The summed E-state index contributed by atoms with van der Waals surface area (Å²) in [6, 6.07) is 15.0. The van der Waals surface area contributed by atoms with E-state index in [0.717, 1.165) is 22.2 Å². The number of aromatic nitrogens is 3. The molecule has 0 saturated heterocycles. The summed E-state index contributed by atoms with van der Waals surface area (Å²) in [5.41, 5.74) is 3.33. The van der Waals surface area contributed by atoms with Crippen molar-refractivity contribution in [2.45, 2.75) is 13.0 Å². The number of hydrogen-bond acceptors (Lipinski definition) is 5. The molecule has 0 radical (unpaired) electrons. The van der Waals surface area contributed by atoms with Crippen molar-refractivity contribution in [1.82, 2.24) is 15.2 Å². The number of H-pyrrole nitrogens is 1. The molecule has 1 aliphatic heterocycles. The van der Waals surface area contributed by atoms with Crippen LogP contribution in [0.1, 0.15) is 21.7 Å². The molecule has 2 aromatic carbocycles. The van der Waals surface area contributed by atoms with Crippen molar-refractivity contribution < 1.29 is 14.5 Å². The Labute approximate surface area is 138 Å². The Kier molecular flexibility index (Phi) is 3.72. The number of carbonyl (C=O) groups is 1. The van der Waals surface area contributed by atoms with Crippen molar-refractivity contribution >= 4 is 18.4 Å². The van der Waals surface area contributed by atoms with Crippen LogP contribution in [0.4, 0.5) is 0 Å². The fourth-order valence-electron chi connectivity index (χ4n) is 2.75. The molecular formula is C17H14BN3O3. The lowest BCUT2D eigenvalue weighted by Gasteiger charge is -2.03. The monoisotopic (exact) mass is 319 g/mol. The number of ketones is 1. The number of nitrogens with one attached hydrogen (secondary N) is 1. The SMILES string of the molecule is O=C(Cc1ccc2c(c1)B(O)OC2)c1nc(-c2ccccc2)n[nH]1. The highest BCUT2D eigenvalue weighted by Gasteiger charge is 2.27. The molecule has 7 heteroatoms. The zero-order valence-corrected chi connectivity index (χ0v) is 12.8. The zero-order valence-electron chi connectivity index (χ0n) is 12.8. The minimum atomic E-state index is -0.912. The van der Waals surface area contributed by atoms with Crippen LogP contribution in [0.15, 0.2) is 48.5 Å². The third kappa shape index (κ3) is 2.75. The van der Waals surface area contributed by atoms with Crippen LogP contribution in [0, 0.1) is 0 Å². The van der Waals surface area contributed by atoms with Gasteiger partial charge in [0.1, 0.15) is 0 Å². The number of Topliss-reactive ketones (excluding diaryl/α,β-unsaturated/α-hetero) is 1. The first-order valence-corrected chi connectivity index (χ1v) is 7.63. The Balaban J connectivity index is 1.53. The van der Waals surface area contributed by atoms with Crippen LogP contribution in [0.2, 0.25) is 0 Å². The van der Waals surface area contributed by atoms with Gasteiger partial charge in [0.05, 0.1) is 6.61 Å². The van der Waals surface area contributed by atoms with Gasteiger partial charge in [-0.15, -0.1) is 0 Å². The molecular weight excluding hydrogens is 305 g/mol. The Morgan fingerprint density at radius 1 is 1.25 bits per heavy atom. The van der Waals surface area contributed by atoms with Crippen LogP contribution in [-0.2, 0) is 17.7 Å². The number of carbonyl (C=O) groups excluding carboxylic acids is 1. The van der Waals surface area contributed by atoms with Crippen LogP contribution in [-0.4, -0.2) is 33.1 Å². The molecule has 0 bridgehead atoms. The third-order valence-corrected chi connectivity index (χ3v) is 4.02. The van der Waals surface area contributed by atoms with Gasteiger partial charge < -0.3 is 9.68 Å². The molecule has 0 unspecified atom stereocenters. The Bertz CT molecular complexity index is 895. The van der Waals surface area contributed by atoms with Crippen molar-refractivity contribution in [3.63, 3.8) is 0 Å². The molecule has 0 spiro atoms. The molecule has 1 aliphatic rings. The lowest BCUT2D eigenvalue weighted by molar-refractivity contribution is 0.0983. The summed E-state index contributed by atoms with van der Waals surface area (Å²) in [5, 5.41) is 16.6. The molecule has 1 aromatic heterocycles. The van der Waals surface area contributed by atoms with Gasteiger partial charge in [-0.25, -0.2) is 4.98 Å². The number of aromatic amines is 1. The van der Waals surface area contributed by atoms with Crippen LogP contribution in [0.25, 0.3) is 11.4 Å². The second-order valence-corrected chi connectivity index (χ2v) is 5.67. The molecule has 0 atom stereocenters. The first-order valence-electron chi connectivity index (χ1n) is 7.63. The Hall–Kier alpha value is -2.77. The highest BCUT2D eigenvalue weighted by Crippen LogP contribution is 2.15. The van der Waals surface area contributed by atoms with Gasteiger partial charge in [-0.2, -0.15) is 5.10 Å². The normalized spacial score (nSPS) is 13.1. The molecule has 0 fully saturated rings. The summed E-state index contributed by atoms with van der Waals surface area (Å²) in [5.74, 6) is 0.570. The summed E-state index contributed by atoms with van der Waals surface area (Å²) >= 11 is 0. The maximum Gasteiger partial charge on any atom is 0.491 e. The predicted octanol–water partition coefficient (Wildman–Crippen LogP) is 1.11. The fraction of sp³-hybridized carbons (Fsp3) is 0.118. The lowest BCUT2D eigenvalue weighted by Crippen LogP contribution is -2.28. The summed E-state index contributed by atoms with van der Waals surface area (Å²) < 4.78 is 5.16. The second kappa shape index (κ2) is 6.03. The summed E-state index contributed by atoms with van der Waals surface area (Å²) in [6.07, 6.45) is 0.184. The summed E-state index contributed by atoms with van der Waals surface area (Å²) in [7, 11) is -0.912. The largest absolute Gasteiger partial charge is 0.491 e. The van der Waals surface area contributed by atoms with Gasteiger partial charge in [0.2, 0.25) is 5.78 Å². The first-order chi connectivity index (χ1) is 11.7. The van der Waals surface area contributed by atoms with E-state index in [2.05, 4.69) is 15.2 Å². The quantitative estimate of drug-likeness (QED) is 0.556. The van der Waals surface area contributed by atoms with Crippen molar-refractivity contribution in [2.75, 3.05) is 0 Å². The van der Waals surface area contributed by atoms with Gasteiger partial charge in [0, 0.05) is 12.0 Å². The number of hydrogen-bond donors (Lipinski definition) is 2. The number of rotatable bonds is 4. The first kappa shape index (κ1) is 14.8. The van der Waals surface area contributed by atoms with E-state index in [1.165, 1.54) is 0 Å². The predicted molar refractivity (Wildman–Crippen MR) is 88.7 cm³/mol. The number of fused-ring (bicyclic) bond motifs is 1. The lowest BCUT2D eigenvalue weighted by atomic mass is 9.78. The minimum Gasteiger partial charge on any atom is -0.423 e. The van der Waals surface area contributed by atoms with E-state index < -0.39 is 7.12 Å². The standard InChI is InChI=1S/C17H14BN3O3/c22-15(9-11-6-7-13-10-24-18(23)14(13)8-11)17-19-16(20-21-17)12-4-2-1-3-5-12/h1-8,23H,9-10H2,(H,19,20,21). The number of benzene rings is 2. The highest BCUT2D eigenvalue weighted by molar-refractivity contribution is 6.61. The van der Waals surface area contributed by atoms with Crippen molar-refractivity contribution in [1.29, 1.82) is 0 Å².